The standard InChI is InChI=1S/C13H25N3O/c1-12-10-17-9-8-16(12)7-5-4-6-13(2,11-14)15-3/h12,15H,4-10H2,1-3H3. The van der Waals surface area contributed by atoms with Crippen LogP contribution in [0.15, 0.2) is 0 Å². The average molecular weight is 239 g/mol. The predicted molar refractivity (Wildman–Crippen MR) is 68.8 cm³/mol. The van der Waals surface area contributed by atoms with Gasteiger partial charge in [-0.2, -0.15) is 5.26 Å². The van der Waals surface area contributed by atoms with Crippen molar-refractivity contribution in [3.8, 4) is 6.07 Å². The first-order valence-corrected chi connectivity index (χ1v) is 6.53. The Labute approximate surface area is 105 Å². The second kappa shape index (κ2) is 6.95. The van der Waals surface area contributed by atoms with Crippen LogP contribution < -0.4 is 5.32 Å². The molecule has 1 fully saturated rings. The van der Waals surface area contributed by atoms with E-state index in [9.17, 15) is 0 Å². The Hall–Kier alpha value is -0.630. The van der Waals surface area contributed by atoms with E-state index in [0.717, 1.165) is 45.6 Å². The van der Waals surface area contributed by atoms with Crippen molar-refractivity contribution in [3.05, 3.63) is 0 Å². The first kappa shape index (κ1) is 14.4. The Morgan fingerprint density at radius 3 is 2.88 bits per heavy atom. The lowest BCUT2D eigenvalue weighted by atomic mass is 9.97. The molecule has 1 N–H and O–H groups in total. The second-order valence-corrected chi connectivity index (χ2v) is 5.11. The van der Waals surface area contributed by atoms with Crippen molar-refractivity contribution in [1.29, 1.82) is 5.26 Å². The minimum atomic E-state index is -0.364. The number of nitrogens with one attached hydrogen (secondary N) is 1. The summed E-state index contributed by atoms with van der Waals surface area (Å²) in [5.74, 6) is 0. The Morgan fingerprint density at radius 1 is 1.53 bits per heavy atom. The molecule has 1 heterocycles. The fraction of sp³-hybridized carbons (Fsp3) is 0.923. The summed E-state index contributed by atoms with van der Waals surface area (Å²) in [7, 11) is 1.85. The molecular formula is C13H25N3O. The van der Waals surface area contributed by atoms with E-state index in [1.807, 2.05) is 14.0 Å². The van der Waals surface area contributed by atoms with Crippen molar-refractivity contribution >= 4 is 0 Å². The highest BCUT2D eigenvalue weighted by Gasteiger charge is 2.21. The number of hydrogen-bond donors (Lipinski definition) is 1. The first-order chi connectivity index (χ1) is 8.11. The van der Waals surface area contributed by atoms with E-state index in [-0.39, 0.29) is 5.54 Å². The van der Waals surface area contributed by atoms with Gasteiger partial charge in [0.05, 0.1) is 19.3 Å². The van der Waals surface area contributed by atoms with Crippen molar-refractivity contribution in [1.82, 2.24) is 10.2 Å². The predicted octanol–water partition coefficient (Wildman–Crippen LogP) is 1.38. The van der Waals surface area contributed by atoms with Gasteiger partial charge in [0.15, 0.2) is 0 Å². The number of nitrogens with zero attached hydrogens (tertiary/aromatic N) is 2. The zero-order chi connectivity index (χ0) is 12.7. The number of morpholine rings is 1. The summed E-state index contributed by atoms with van der Waals surface area (Å²) < 4.78 is 5.41. The maximum absolute atomic E-state index is 9.04. The summed E-state index contributed by atoms with van der Waals surface area (Å²) in [4.78, 5) is 2.48. The van der Waals surface area contributed by atoms with Crippen molar-refractivity contribution in [2.75, 3.05) is 33.4 Å². The summed E-state index contributed by atoms with van der Waals surface area (Å²) in [5, 5.41) is 12.1. The van der Waals surface area contributed by atoms with Gasteiger partial charge >= 0.3 is 0 Å². The van der Waals surface area contributed by atoms with Crippen LogP contribution in [0.3, 0.4) is 0 Å². The van der Waals surface area contributed by atoms with Gasteiger partial charge in [0, 0.05) is 12.6 Å². The highest BCUT2D eigenvalue weighted by atomic mass is 16.5. The zero-order valence-corrected chi connectivity index (χ0v) is 11.3. The molecule has 1 saturated heterocycles. The molecule has 0 aliphatic carbocycles. The Bertz CT molecular complexity index is 264. The number of rotatable bonds is 6. The molecule has 0 amide bonds. The van der Waals surface area contributed by atoms with Gasteiger partial charge in [-0.3, -0.25) is 4.90 Å². The van der Waals surface area contributed by atoms with Gasteiger partial charge in [0.2, 0.25) is 0 Å². The van der Waals surface area contributed by atoms with Crippen LogP contribution in [0.25, 0.3) is 0 Å². The molecule has 4 heteroatoms. The molecule has 2 atom stereocenters. The molecule has 98 valence electrons. The highest BCUT2D eigenvalue weighted by Crippen LogP contribution is 2.14. The lowest BCUT2D eigenvalue weighted by Crippen LogP contribution is -2.44. The van der Waals surface area contributed by atoms with Gasteiger partial charge in [-0.05, 0) is 46.7 Å². The van der Waals surface area contributed by atoms with Crippen molar-refractivity contribution in [2.45, 2.75) is 44.7 Å². The van der Waals surface area contributed by atoms with Crippen molar-refractivity contribution < 1.29 is 4.74 Å². The third kappa shape index (κ3) is 4.63. The number of nitriles is 1. The highest BCUT2D eigenvalue weighted by molar-refractivity contribution is 5.02. The van der Waals surface area contributed by atoms with Crippen LogP contribution in [0.1, 0.15) is 33.1 Å². The van der Waals surface area contributed by atoms with Gasteiger partial charge in [0.1, 0.15) is 5.54 Å². The van der Waals surface area contributed by atoms with Crippen LogP contribution in [-0.2, 0) is 4.74 Å². The quantitative estimate of drug-likeness (QED) is 0.711. The van der Waals surface area contributed by atoms with Crippen LogP contribution in [0.4, 0.5) is 0 Å². The molecule has 1 rings (SSSR count). The number of ether oxygens (including phenoxy) is 1. The smallest absolute Gasteiger partial charge is 0.103 e. The molecule has 17 heavy (non-hydrogen) atoms. The average Bonchev–Trinajstić information content (AvgIpc) is 2.36. The minimum Gasteiger partial charge on any atom is -0.379 e. The second-order valence-electron chi connectivity index (χ2n) is 5.11. The molecule has 1 aliphatic heterocycles. The molecule has 0 aromatic carbocycles. The van der Waals surface area contributed by atoms with Gasteiger partial charge in [-0.1, -0.05) is 0 Å². The molecule has 0 spiro atoms. The summed E-state index contributed by atoms with van der Waals surface area (Å²) in [6.45, 7) is 8.05. The van der Waals surface area contributed by atoms with Crippen LogP contribution >= 0.6 is 0 Å². The molecule has 1 aliphatic rings. The van der Waals surface area contributed by atoms with Crippen LogP contribution in [0, 0.1) is 11.3 Å². The molecule has 0 radical (unpaired) electrons. The number of hydrogen-bond acceptors (Lipinski definition) is 4. The third-order valence-corrected chi connectivity index (χ3v) is 3.68. The molecule has 2 unspecified atom stereocenters. The molecular weight excluding hydrogens is 214 g/mol. The first-order valence-electron chi connectivity index (χ1n) is 6.53. The van der Waals surface area contributed by atoms with Crippen LogP contribution in [0.2, 0.25) is 0 Å². The lowest BCUT2D eigenvalue weighted by molar-refractivity contribution is -0.00102. The number of unbranched alkanes of at least 4 members (excludes halogenated alkanes) is 1. The van der Waals surface area contributed by atoms with E-state index >= 15 is 0 Å². The minimum absolute atomic E-state index is 0.364. The van der Waals surface area contributed by atoms with Gasteiger partial charge in [0.25, 0.3) is 0 Å². The molecule has 0 bridgehead atoms. The van der Waals surface area contributed by atoms with E-state index < -0.39 is 0 Å². The summed E-state index contributed by atoms with van der Waals surface area (Å²) in [6.07, 6.45) is 3.16. The van der Waals surface area contributed by atoms with Gasteiger partial charge in [-0.25, -0.2) is 0 Å². The van der Waals surface area contributed by atoms with Crippen molar-refractivity contribution in [3.63, 3.8) is 0 Å². The summed E-state index contributed by atoms with van der Waals surface area (Å²) >= 11 is 0. The monoisotopic (exact) mass is 239 g/mol. The van der Waals surface area contributed by atoms with Crippen LogP contribution in [-0.4, -0.2) is 49.8 Å². The zero-order valence-electron chi connectivity index (χ0n) is 11.3. The third-order valence-electron chi connectivity index (χ3n) is 3.68. The maximum atomic E-state index is 9.04. The Balaban J connectivity index is 2.17. The van der Waals surface area contributed by atoms with Gasteiger partial charge < -0.3 is 10.1 Å². The summed E-state index contributed by atoms with van der Waals surface area (Å²) in [6, 6.07) is 2.87. The fourth-order valence-corrected chi connectivity index (χ4v) is 2.12. The Morgan fingerprint density at radius 2 is 2.29 bits per heavy atom. The molecule has 0 aromatic rings. The summed E-state index contributed by atoms with van der Waals surface area (Å²) in [5.41, 5.74) is -0.364. The SMILES string of the molecule is CNC(C)(C#N)CCCCN1CCOCC1C. The van der Waals surface area contributed by atoms with Crippen molar-refractivity contribution in [2.24, 2.45) is 0 Å². The van der Waals surface area contributed by atoms with E-state index in [4.69, 9.17) is 10.00 Å². The largest absolute Gasteiger partial charge is 0.379 e. The fourth-order valence-electron chi connectivity index (χ4n) is 2.12. The van der Waals surface area contributed by atoms with E-state index in [1.165, 1.54) is 0 Å². The van der Waals surface area contributed by atoms with E-state index in [2.05, 4.69) is 23.2 Å². The Kier molecular flexibility index (Phi) is 5.90. The molecule has 0 aromatic heterocycles. The molecule has 4 nitrogen and oxygen atoms in total. The van der Waals surface area contributed by atoms with E-state index in [1.54, 1.807) is 0 Å². The molecule has 0 saturated carbocycles. The topological polar surface area (TPSA) is 48.3 Å². The van der Waals surface area contributed by atoms with E-state index in [0.29, 0.717) is 6.04 Å². The maximum Gasteiger partial charge on any atom is 0.103 e. The lowest BCUT2D eigenvalue weighted by Gasteiger charge is -2.33. The normalized spacial score (nSPS) is 25.2. The van der Waals surface area contributed by atoms with Crippen LogP contribution in [0.5, 0.6) is 0 Å². The van der Waals surface area contributed by atoms with Gasteiger partial charge in [-0.15, -0.1) is 0 Å².